The number of sulfonamides is 1. The quantitative estimate of drug-likeness (QED) is 0.795. The van der Waals surface area contributed by atoms with Gasteiger partial charge in [0.05, 0.1) is 18.3 Å². The number of halogens is 1. The van der Waals surface area contributed by atoms with Crippen molar-refractivity contribution in [2.24, 2.45) is 0 Å². The maximum atomic E-state index is 13.8. The molecule has 0 saturated heterocycles. The van der Waals surface area contributed by atoms with Crippen molar-refractivity contribution in [2.45, 2.75) is 10.6 Å². The van der Waals surface area contributed by atoms with E-state index in [-0.39, 0.29) is 22.9 Å². The molecule has 9 heteroatoms. The number of carbonyl (C=O) groups excluding carboxylic acids is 1. The minimum atomic E-state index is -3.99. The van der Waals surface area contributed by atoms with Crippen LogP contribution in [0.15, 0.2) is 27.9 Å². The van der Waals surface area contributed by atoms with Crippen LogP contribution in [0.5, 0.6) is 0 Å². The van der Waals surface area contributed by atoms with Gasteiger partial charge in [0, 0.05) is 12.1 Å². The van der Waals surface area contributed by atoms with Gasteiger partial charge in [0.2, 0.25) is 0 Å². The molecule has 0 radical (unpaired) electrons. The predicted octanol–water partition coefficient (Wildman–Crippen LogP) is 1.82. The van der Waals surface area contributed by atoms with Crippen LogP contribution in [0.3, 0.4) is 0 Å². The number of nitrogens with zero attached hydrogens (tertiary/aromatic N) is 2. The highest BCUT2D eigenvalue weighted by molar-refractivity contribution is 7.94. The molecule has 116 valence electrons. The van der Waals surface area contributed by atoms with Crippen LogP contribution < -0.4 is 4.31 Å². The Labute approximate surface area is 130 Å². The minimum absolute atomic E-state index is 0.122. The average Bonchev–Trinajstić information content (AvgIpc) is 3.14. The van der Waals surface area contributed by atoms with Crippen molar-refractivity contribution < 1.29 is 22.3 Å². The highest BCUT2D eigenvalue weighted by Crippen LogP contribution is 2.36. The number of carbonyl (C=O) groups is 1. The first kappa shape index (κ1) is 14.9. The number of anilines is 1. The molecule has 0 fully saturated rings. The zero-order valence-corrected chi connectivity index (χ0v) is 13.1. The van der Waals surface area contributed by atoms with Gasteiger partial charge in [-0.2, -0.15) is 0 Å². The third-order valence-electron chi connectivity index (χ3n) is 3.37. The fourth-order valence-corrected chi connectivity index (χ4v) is 5.09. The van der Waals surface area contributed by atoms with E-state index < -0.39 is 21.8 Å². The van der Waals surface area contributed by atoms with E-state index in [9.17, 15) is 17.6 Å². The first-order valence-corrected chi connectivity index (χ1v) is 8.60. The largest absolute Gasteiger partial charge is 0.464 e. The lowest BCUT2D eigenvalue weighted by atomic mass is 10.1. The Morgan fingerprint density at radius 2 is 2.23 bits per heavy atom. The van der Waals surface area contributed by atoms with E-state index in [1.165, 1.54) is 17.6 Å². The molecule has 0 atom stereocenters. The molecule has 1 aliphatic heterocycles. The average molecular weight is 342 g/mol. The highest BCUT2D eigenvalue weighted by Gasteiger charge is 2.36. The molecule has 2 heterocycles. The van der Waals surface area contributed by atoms with Crippen LogP contribution in [0, 0.1) is 5.82 Å². The van der Waals surface area contributed by atoms with Crippen molar-refractivity contribution in [3.05, 3.63) is 40.8 Å². The Bertz CT molecular complexity index is 847. The lowest BCUT2D eigenvalue weighted by Crippen LogP contribution is -2.29. The molecule has 0 saturated carbocycles. The minimum Gasteiger partial charge on any atom is -0.464 e. The first-order valence-electron chi connectivity index (χ1n) is 6.28. The number of benzene rings is 1. The smallest absolute Gasteiger partial charge is 0.358 e. The van der Waals surface area contributed by atoms with Gasteiger partial charge < -0.3 is 4.74 Å². The van der Waals surface area contributed by atoms with Gasteiger partial charge in [0.25, 0.3) is 10.0 Å². The van der Waals surface area contributed by atoms with E-state index in [0.717, 1.165) is 22.8 Å². The molecule has 0 spiro atoms. The third-order valence-corrected chi connectivity index (χ3v) is 6.53. The zero-order valence-electron chi connectivity index (χ0n) is 11.4. The zero-order chi connectivity index (χ0) is 15.9. The van der Waals surface area contributed by atoms with Crippen LogP contribution in [-0.2, 0) is 21.2 Å². The summed E-state index contributed by atoms with van der Waals surface area (Å²) in [5, 5.41) is 0. The van der Waals surface area contributed by atoms with Gasteiger partial charge in [0.15, 0.2) is 9.90 Å². The second kappa shape index (κ2) is 5.33. The van der Waals surface area contributed by atoms with Gasteiger partial charge in [-0.3, -0.25) is 4.31 Å². The van der Waals surface area contributed by atoms with Gasteiger partial charge in [-0.05, 0) is 18.6 Å². The molecule has 1 aromatic carbocycles. The van der Waals surface area contributed by atoms with Crippen LogP contribution in [0.2, 0.25) is 0 Å². The lowest BCUT2D eigenvalue weighted by Gasteiger charge is -2.18. The Kier molecular flexibility index (Phi) is 3.61. The number of hydrogen-bond donors (Lipinski definition) is 0. The molecular weight excluding hydrogens is 331 g/mol. The van der Waals surface area contributed by atoms with E-state index in [2.05, 4.69) is 9.72 Å². The standard InChI is InChI=1S/C13H11FN2O4S2/c1-20-12(17)11-13(21-7-15-11)22(18,19)16-6-5-8-9(14)3-2-4-10(8)16/h2-4,7H,5-6H2,1H3. The molecule has 0 N–H and O–H groups in total. The van der Waals surface area contributed by atoms with Crippen molar-refractivity contribution in [3.63, 3.8) is 0 Å². The van der Waals surface area contributed by atoms with Gasteiger partial charge in [0.1, 0.15) is 5.82 Å². The Balaban J connectivity index is 2.09. The molecule has 0 bridgehead atoms. The number of aromatic nitrogens is 1. The number of esters is 1. The van der Waals surface area contributed by atoms with Gasteiger partial charge >= 0.3 is 5.97 Å². The molecule has 22 heavy (non-hydrogen) atoms. The molecule has 0 aliphatic carbocycles. The van der Waals surface area contributed by atoms with E-state index in [0.29, 0.717) is 11.3 Å². The summed E-state index contributed by atoms with van der Waals surface area (Å²) in [7, 11) is -2.84. The van der Waals surface area contributed by atoms with E-state index in [4.69, 9.17) is 0 Å². The number of hydrogen-bond acceptors (Lipinski definition) is 6. The summed E-state index contributed by atoms with van der Waals surface area (Å²) in [4.78, 5) is 15.4. The van der Waals surface area contributed by atoms with E-state index in [1.54, 1.807) is 6.07 Å². The maximum Gasteiger partial charge on any atom is 0.358 e. The summed E-state index contributed by atoms with van der Waals surface area (Å²) in [5.41, 5.74) is 1.67. The summed E-state index contributed by atoms with van der Waals surface area (Å²) in [5.74, 6) is -1.26. The molecular formula is C13H11FN2O4S2. The number of methoxy groups -OCH3 is 1. The fraction of sp³-hybridized carbons (Fsp3) is 0.231. The van der Waals surface area contributed by atoms with Crippen LogP contribution in [0.25, 0.3) is 0 Å². The Morgan fingerprint density at radius 1 is 1.45 bits per heavy atom. The molecule has 6 nitrogen and oxygen atoms in total. The molecule has 0 amide bonds. The van der Waals surface area contributed by atoms with E-state index >= 15 is 0 Å². The van der Waals surface area contributed by atoms with Crippen molar-refractivity contribution in [3.8, 4) is 0 Å². The highest BCUT2D eigenvalue weighted by atomic mass is 32.2. The van der Waals surface area contributed by atoms with Gasteiger partial charge in [-0.15, -0.1) is 11.3 Å². The third kappa shape index (κ3) is 2.17. The normalized spacial score (nSPS) is 14.0. The van der Waals surface area contributed by atoms with Crippen molar-refractivity contribution in [1.29, 1.82) is 0 Å². The number of thiazole rings is 1. The van der Waals surface area contributed by atoms with Crippen LogP contribution in [0.4, 0.5) is 10.1 Å². The Morgan fingerprint density at radius 3 is 2.95 bits per heavy atom. The first-order chi connectivity index (χ1) is 10.5. The van der Waals surface area contributed by atoms with Gasteiger partial charge in [-0.25, -0.2) is 22.6 Å². The second-order valence-corrected chi connectivity index (χ2v) is 7.46. The summed E-state index contributed by atoms with van der Waals surface area (Å²) in [6, 6.07) is 4.29. The molecule has 0 unspecified atom stereocenters. The lowest BCUT2D eigenvalue weighted by molar-refractivity contribution is 0.0590. The number of fused-ring (bicyclic) bond motifs is 1. The number of ether oxygens (including phenoxy) is 1. The second-order valence-electron chi connectivity index (χ2n) is 4.54. The number of rotatable bonds is 3. The van der Waals surface area contributed by atoms with Gasteiger partial charge in [-0.1, -0.05) is 6.07 Å². The van der Waals surface area contributed by atoms with E-state index in [1.807, 2.05) is 0 Å². The summed E-state index contributed by atoms with van der Waals surface area (Å²) in [6.07, 6.45) is 0.285. The van der Waals surface area contributed by atoms with Crippen LogP contribution in [0.1, 0.15) is 16.1 Å². The van der Waals surface area contributed by atoms with Crippen LogP contribution >= 0.6 is 11.3 Å². The fourth-order valence-electron chi connectivity index (χ4n) is 2.36. The predicted molar refractivity (Wildman–Crippen MR) is 78.1 cm³/mol. The monoisotopic (exact) mass is 342 g/mol. The van der Waals surface area contributed by atoms with Crippen molar-refractivity contribution in [1.82, 2.24) is 4.98 Å². The van der Waals surface area contributed by atoms with Crippen molar-refractivity contribution in [2.75, 3.05) is 18.0 Å². The summed E-state index contributed by atoms with van der Waals surface area (Å²) < 4.78 is 44.8. The summed E-state index contributed by atoms with van der Waals surface area (Å²) >= 11 is 0.831. The molecule has 3 rings (SSSR count). The SMILES string of the molecule is COC(=O)c1ncsc1S(=O)(=O)N1CCc2c(F)cccc21. The van der Waals surface area contributed by atoms with Crippen LogP contribution in [-0.4, -0.2) is 33.0 Å². The molecule has 2 aromatic rings. The topological polar surface area (TPSA) is 76.6 Å². The maximum absolute atomic E-state index is 13.8. The Hall–Kier alpha value is -2.00. The van der Waals surface area contributed by atoms with Crippen molar-refractivity contribution >= 4 is 33.0 Å². The molecule has 1 aliphatic rings. The molecule has 1 aromatic heterocycles. The summed E-state index contributed by atoms with van der Waals surface area (Å²) in [6.45, 7) is 0.122.